The number of nitrogens with one attached hydrogen (secondary N) is 1. The van der Waals surface area contributed by atoms with Crippen LogP contribution in [0.4, 0.5) is 0 Å². The van der Waals surface area contributed by atoms with Crippen molar-refractivity contribution >= 4 is 5.91 Å². The van der Waals surface area contributed by atoms with Crippen LogP contribution in [0.1, 0.15) is 42.6 Å². The van der Waals surface area contributed by atoms with Gasteiger partial charge in [-0.1, -0.05) is 6.92 Å². The van der Waals surface area contributed by atoms with Crippen LogP contribution in [-0.2, 0) is 11.2 Å². The van der Waals surface area contributed by atoms with E-state index in [0.29, 0.717) is 26.2 Å². The van der Waals surface area contributed by atoms with Gasteiger partial charge in [-0.2, -0.15) is 0 Å². The summed E-state index contributed by atoms with van der Waals surface area (Å²) in [6.45, 7) is 4.72. The number of likely N-dealkylation sites (tertiary alicyclic amines) is 1. The lowest BCUT2D eigenvalue weighted by atomic mass is 10.1. The quantitative estimate of drug-likeness (QED) is 0.733. The average Bonchev–Trinajstić information content (AvgIpc) is 2.96. The maximum atomic E-state index is 12.2. The molecule has 1 aliphatic rings. The summed E-state index contributed by atoms with van der Waals surface area (Å²) in [6.07, 6.45) is 3.60. The number of aryl methyl sites for hydroxylation is 1. The van der Waals surface area contributed by atoms with Crippen LogP contribution in [-0.4, -0.2) is 58.3 Å². The number of ether oxygens (including phenoxy) is 1. The van der Waals surface area contributed by atoms with Crippen molar-refractivity contribution in [1.82, 2.24) is 20.1 Å². The second kappa shape index (κ2) is 7.35. The van der Waals surface area contributed by atoms with Gasteiger partial charge in [0.2, 0.25) is 5.82 Å². The summed E-state index contributed by atoms with van der Waals surface area (Å²) in [5, 5.41) is 6.74. The monoisotopic (exact) mass is 281 g/mol. The third kappa shape index (κ3) is 3.77. The molecular formula is C13H23N5O2. The molecule has 1 aromatic rings. The first-order valence-corrected chi connectivity index (χ1v) is 7.26. The molecule has 7 heteroatoms. The summed E-state index contributed by atoms with van der Waals surface area (Å²) in [4.78, 5) is 18.2. The van der Waals surface area contributed by atoms with Crippen LogP contribution in [0.15, 0.2) is 0 Å². The Bertz CT molecular complexity index is 426. The van der Waals surface area contributed by atoms with Gasteiger partial charge in [0, 0.05) is 26.1 Å². The molecule has 112 valence electrons. The third-order valence-electron chi connectivity index (χ3n) is 3.49. The zero-order valence-corrected chi connectivity index (χ0v) is 12.0. The second-order valence-corrected chi connectivity index (χ2v) is 4.96. The molecule has 1 saturated heterocycles. The number of aromatic amines is 1. The van der Waals surface area contributed by atoms with Crippen LogP contribution in [0.5, 0.6) is 0 Å². The lowest BCUT2D eigenvalue weighted by Crippen LogP contribution is -2.41. The predicted octanol–water partition coefficient (Wildman–Crippen LogP) is 0.337. The highest BCUT2D eigenvalue weighted by molar-refractivity contribution is 5.90. The zero-order valence-electron chi connectivity index (χ0n) is 12.0. The topological polar surface area (TPSA) is 97.1 Å². The lowest BCUT2D eigenvalue weighted by Gasteiger charge is -2.31. The van der Waals surface area contributed by atoms with E-state index in [9.17, 15) is 4.79 Å². The van der Waals surface area contributed by atoms with E-state index in [2.05, 4.69) is 15.2 Å². The molecular weight excluding hydrogens is 258 g/mol. The van der Waals surface area contributed by atoms with E-state index in [1.165, 1.54) is 0 Å². The Hall–Kier alpha value is -1.47. The van der Waals surface area contributed by atoms with Crippen LogP contribution < -0.4 is 5.73 Å². The summed E-state index contributed by atoms with van der Waals surface area (Å²) in [6, 6.07) is 0. The molecule has 7 nitrogen and oxygen atoms in total. The molecule has 0 aromatic carbocycles. The van der Waals surface area contributed by atoms with Crippen molar-refractivity contribution in [2.45, 2.75) is 38.7 Å². The fourth-order valence-corrected chi connectivity index (χ4v) is 2.25. The number of nitrogens with zero attached hydrogens (tertiary/aromatic N) is 3. The Kier molecular flexibility index (Phi) is 5.49. The van der Waals surface area contributed by atoms with Crippen molar-refractivity contribution < 1.29 is 9.53 Å². The SMILES string of the molecule is CCc1nc(C(=O)N2CCC(OCCCN)CC2)n[nH]1. The highest BCUT2D eigenvalue weighted by Gasteiger charge is 2.26. The molecule has 0 bridgehead atoms. The smallest absolute Gasteiger partial charge is 0.293 e. The number of rotatable bonds is 6. The molecule has 0 saturated carbocycles. The van der Waals surface area contributed by atoms with Crippen LogP contribution in [0.25, 0.3) is 0 Å². The number of carbonyl (C=O) groups excluding carboxylic acids is 1. The molecule has 0 aliphatic carbocycles. The van der Waals surface area contributed by atoms with Gasteiger partial charge in [-0.15, -0.1) is 5.10 Å². The van der Waals surface area contributed by atoms with Crippen LogP contribution in [0.2, 0.25) is 0 Å². The highest BCUT2D eigenvalue weighted by atomic mass is 16.5. The van der Waals surface area contributed by atoms with Gasteiger partial charge in [-0.3, -0.25) is 9.89 Å². The van der Waals surface area contributed by atoms with Gasteiger partial charge in [0.15, 0.2) is 0 Å². The fraction of sp³-hybridized carbons (Fsp3) is 0.769. The first kappa shape index (κ1) is 14.9. The molecule has 1 aromatic heterocycles. The molecule has 0 atom stereocenters. The van der Waals surface area contributed by atoms with Gasteiger partial charge in [0.1, 0.15) is 5.82 Å². The number of carbonyl (C=O) groups is 1. The molecule has 1 fully saturated rings. The minimum atomic E-state index is -0.0960. The summed E-state index contributed by atoms with van der Waals surface area (Å²) in [7, 11) is 0. The molecule has 0 unspecified atom stereocenters. The number of hydrogen-bond donors (Lipinski definition) is 2. The van der Waals surface area contributed by atoms with Gasteiger partial charge in [-0.25, -0.2) is 4.98 Å². The standard InChI is InChI=1S/C13H23N5O2/c1-2-11-15-12(17-16-11)13(19)18-7-4-10(5-8-18)20-9-3-6-14/h10H,2-9,14H2,1H3,(H,15,16,17). The number of H-pyrrole nitrogens is 1. The third-order valence-corrected chi connectivity index (χ3v) is 3.49. The minimum Gasteiger partial charge on any atom is -0.378 e. The number of hydrogen-bond acceptors (Lipinski definition) is 5. The van der Waals surface area contributed by atoms with Crippen molar-refractivity contribution in [3.63, 3.8) is 0 Å². The van der Waals surface area contributed by atoms with E-state index >= 15 is 0 Å². The lowest BCUT2D eigenvalue weighted by molar-refractivity contribution is 0.00813. The molecule has 2 heterocycles. The molecule has 20 heavy (non-hydrogen) atoms. The molecule has 1 aliphatic heterocycles. The summed E-state index contributed by atoms with van der Waals surface area (Å²) in [5.74, 6) is 0.916. The predicted molar refractivity (Wildman–Crippen MR) is 74.3 cm³/mol. The molecule has 2 rings (SSSR count). The summed E-state index contributed by atoms with van der Waals surface area (Å²) in [5.41, 5.74) is 5.43. The Labute approximate surface area is 118 Å². The average molecular weight is 281 g/mol. The highest BCUT2D eigenvalue weighted by Crippen LogP contribution is 2.15. The van der Waals surface area contributed by atoms with Crippen molar-refractivity contribution in [1.29, 1.82) is 0 Å². The van der Waals surface area contributed by atoms with Gasteiger partial charge in [-0.05, 0) is 25.8 Å². The van der Waals surface area contributed by atoms with Crippen molar-refractivity contribution in [2.75, 3.05) is 26.2 Å². The van der Waals surface area contributed by atoms with Gasteiger partial charge in [0.05, 0.1) is 6.10 Å². The maximum absolute atomic E-state index is 12.2. The van der Waals surface area contributed by atoms with Crippen molar-refractivity contribution in [3.8, 4) is 0 Å². The minimum absolute atomic E-state index is 0.0960. The van der Waals surface area contributed by atoms with Gasteiger partial charge < -0.3 is 15.4 Å². The van der Waals surface area contributed by atoms with Crippen LogP contribution >= 0.6 is 0 Å². The summed E-state index contributed by atoms with van der Waals surface area (Å²) < 4.78 is 5.72. The second-order valence-electron chi connectivity index (χ2n) is 4.96. The van der Waals surface area contributed by atoms with E-state index < -0.39 is 0 Å². The normalized spacial score (nSPS) is 16.6. The van der Waals surface area contributed by atoms with Crippen molar-refractivity contribution in [2.24, 2.45) is 5.73 Å². The van der Waals surface area contributed by atoms with Crippen molar-refractivity contribution in [3.05, 3.63) is 11.6 Å². The Balaban J connectivity index is 1.79. The zero-order chi connectivity index (χ0) is 14.4. The Morgan fingerprint density at radius 3 is 2.85 bits per heavy atom. The molecule has 0 spiro atoms. The Morgan fingerprint density at radius 2 is 2.25 bits per heavy atom. The molecule has 3 N–H and O–H groups in total. The van der Waals surface area contributed by atoms with Crippen LogP contribution in [0.3, 0.4) is 0 Å². The van der Waals surface area contributed by atoms with E-state index in [-0.39, 0.29) is 17.8 Å². The fourth-order valence-electron chi connectivity index (χ4n) is 2.25. The van der Waals surface area contributed by atoms with E-state index in [1.807, 2.05) is 6.92 Å². The van der Waals surface area contributed by atoms with Crippen LogP contribution in [0, 0.1) is 0 Å². The number of aromatic nitrogens is 3. The largest absolute Gasteiger partial charge is 0.378 e. The van der Waals surface area contributed by atoms with Gasteiger partial charge >= 0.3 is 0 Å². The van der Waals surface area contributed by atoms with E-state index in [1.54, 1.807) is 4.90 Å². The first-order valence-electron chi connectivity index (χ1n) is 7.26. The van der Waals surface area contributed by atoms with E-state index in [0.717, 1.165) is 31.5 Å². The van der Waals surface area contributed by atoms with E-state index in [4.69, 9.17) is 10.5 Å². The molecule has 0 radical (unpaired) electrons. The maximum Gasteiger partial charge on any atom is 0.293 e. The number of nitrogens with two attached hydrogens (primary N) is 1. The summed E-state index contributed by atoms with van der Waals surface area (Å²) >= 11 is 0. The van der Waals surface area contributed by atoms with Gasteiger partial charge in [0.25, 0.3) is 5.91 Å². The number of amides is 1. The molecule has 1 amide bonds. The Morgan fingerprint density at radius 1 is 1.50 bits per heavy atom. The first-order chi connectivity index (χ1) is 9.74. The number of piperidine rings is 1.